The number of hydrogen-bond acceptors (Lipinski definition) is 2. The third kappa shape index (κ3) is 1.55. The minimum absolute atomic E-state index is 0.532. The zero-order valence-electron chi connectivity index (χ0n) is 8.47. The molecule has 0 fully saturated rings. The van der Waals surface area contributed by atoms with Crippen molar-refractivity contribution in [3.63, 3.8) is 0 Å². The standard InChI is InChI=1S/C13H9N2S/c14-10-7-5-9(6-8-10)13-15-11-3-1-2-4-12(11)16-13/h1-8,14H/q+1. The van der Waals surface area contributed by atoms with Crippen molar-refractivity contribution < 1.29 is 0 Å². The van der Waals surface area contributed by atoms with E-state index in [1.54, 1.807) is 23.5 Å². The summed E-state index contributed by atoms with van der Waals surface area (Å²) in [7, 11) is 0. The first-order valence-corrected chi connectivity index (χ1v) is 5.82. The van der Waals surface area contributed by atoms with Crippen LogP contribution in [-0.4, -0.2) is 5.71 Å². The molecule has 2 nitrogen and oxygen atoms in total. The zero-order valence-corrected chi connectivity index (χ0v) is 9.29. The van der Waals surface area contributed by atoms with E-state index in [2.05, 4.69) is 11.1 Å². The average Bonchev–Trinajstić information content (AvgIpc) is 2.73. The summed E-state index contributed by atoms with van der Waals surface area (Å²) in [6, 6.07) is 8.12. The smallest absolute Gasteiger partial charge is 0.301 e. The Morgan fingerprint density at radius 1 is 1.00 bits per heavy atom. The number of benzene rings is 1. The van der Waals surface area contributed by atoms with Crippen molar-refractivity contribution in [3.8, 4) is 0 Å². The van der Waals surface area contributed by atoms with E-state index in [-0.39, 0.29) is 0 Å². The van der Waals surface area contributed by atoms with Crippen molar-refractivity contribution in [1.82, 2.24) is 0 Å². The van der Waals surface area contributed by atoms with E-state index in [0.29, 0.717) is 5.71 Å². The number of fused-ring (bicyclic) bond motifs is 1. The highest BCUT2D eigenvalue weighted by Gasteiger charge is 2.19. The van der Waals surface area contributed by atoms with Crippen molar-refractivity contribution in [1.29, 1.82) is 5.41 Å². The molecule has 0 unspecified atom stereocenters. The van der Waals surface area contributed by atoms with Crippen molar-refractivity contribution in [2.75, 3.05) is 0 Å². The molecule has 1 N–H and O–H groups in total. The average molecular weight is 225 g/mol. The van der Waals surface area contributed by atoms with E-state index < -0.39 is 0 Å². The highest BCUT2D eigenvalue weighted by atomic mass is 32.1. The van der Waals surface area contributed by atoms with Gasteiger partial charge in [0.05, 0.1) is 11.3 Å². The van der Waals surface area contributed by atoms with Crippen LogP contribution in [0.4, 0.5) is 0 Å². The van der Waals surface area contributed by atoms with Crippen LogP contribution in [-0.2, 0) is 11.4 Å². The van der Waals surface area contributed by atoms with Crippen molar-refractivity contribution >= 4 is 17.1 Å². The molecule has 3 heteroatoms. The summed E-state index contributed by atoms with van der Waals surface area (Å²) in [6.45, 7) is 0. The summed E-state index contributed by atoms with van der Waals surface area (Å²) >= 11 is 1.68. The van der Waals surface area contributed by atoms with Gasteiger partial charge in [0.2, 0.25) is 0 Å². The number of hydrogen-bond donors (Lipinski definition) is 1. The molecule has 0 atom stereocenters. The van der Waals surface area contributed by atoms with Gasteiger partial charge >= 0.3 is 5.03 Å². The van der Waals surface area contributed by atoms with Crippen LogP contribution in [0.25, 0.3) is 0 Å². The highest BCUT2D eigenvalue weighted by Crippen LogP contribution is 2.15. The Morgan fingerprint density at radius 2 is 1.75 bits per heavy atom. The molecule has 0 saturated carbocycles. The van der Waals surface area contributed by atoms with Gasteiger partial charge in [-0.25, -0.2) is 0 Å². The highest BCUT2D eigenvalue weighted by molar-refractivity contribution is 7.74. The first-order chi connectivity index (χ1) is 7.83. The predicted octanol–water partition coefficient (Wildman–Crippen LogP) is 2.01. The lowest BCUT2D eigenvalue weighted by atomic mass is 10.1. The van der Waals surface area contributed by atoms with Crippen LogP contribution in [0.15, 0.2) is 64.2 Å². The number of nitrogens with one attached hydrogen (secondary N) is 1. The van der Waals surface area contributed by atoms with Crippen LogP contribution >= 0.6 is 0 Å². The Balaban J connectivity index is 2.17. The van der Waals surface area contributed by atoms with E-state index >= 15 is 0 Å². The van der Waals surface area contributed by atoms with Crippen LogP contribution in [0.3, 0.4) is 0 Å². The molecule has 0 saturated heterocycles. The fourth-order valence-corrected chi connectivity index (χ4v) is 2.58. The summed E-state index contributed by atoms with van der Waals surface area (Å²) in [6.07, 6.45) is 7.48. The molecule has 1 aliphatic heterocycles. The molecule has 76 valence electrons. The third-order valence-electron chi connectivity index (χ3n) is 2.43. The van der Waals surface area contributed by atoms with E-state index in [4.69, 9.17) is 5.41 Å². The molecular weight excluding hydrogens is 216 g/mol. The second-order valence-electron chi connectivity index (χ2n) is 3.56. The Morgan fingerprint density at radius 3 is 2.50 bits per heavy atom. The lowest BCUT2D eigenvalue weighted by Gasteiger charge is -1.96. The van der Waals surface area contributed by atoms with Gasteiger partial charge in [-0.2, -0.15) is 4.99 Å². The largest absolute Gasteiger partial charge is 0.332 e. The SMILES string of the molecule is N=C1C=CC(=C2N=c3ccccc3=[S+]2)C=C1. The Kier molecular flexibility index (Phi) is 2.11. The summed E-state index contributed by atoms with van der Waals surface area (Å²) < 4.78 is 1.20. The normalized spacial score (nSPS) is 17.1. The predicted molar refractivity (Wildman–Crippen MR) is 66.8 cm³/mol. The molecule has 0 radical (unpaired) electrons. The van der Waals surface area contributed by atoms with Crippen molar-refractivity contribution in [3.05, 3.63) is 69.0 Å². The molecular formula is C13H9N2S+. The zero-order chi connectivity index (χ0) is 11.0. The molecule has 1 aromatic carbocycles. The van der Waals surface area contributed by atoms with E-state index in [1.165, 1.54) is 4.51 Å². The van der Waals surface area contributed by atoms with Gasteiger partial charge in [0, 0.05) is 6.07 Å². The summed E-state index contributed by atoms with van der Waals surface area (Å²) in [4.78, 5) is 4.57. The van der Waals surface area contributed by atoms with Crippen LogP contribution in [0.1, 0.15) is 0 Å². The molecule has 0 aromatic heterocycles. The fourth-order valence-electron chi connectivity index (χ4n) is 1.61. The number of para-hydroxylation sites is 1. The van der Waals surface area contributed by atoms with E-state index in [1.807, 2.05) is 30.4 Å². The topological polar surface area (TPSA) is 36.2 Å². The van der Waals surface area contributed by atoms with Gasteiger partial charge < -0.3 is 5.41 Å². The summed E-state index contributed by atoms with van der Waals surface area (Å²) in [5.74, 6) is 0. The number of allylic oxidation sites excluding steroid dienone is 5. The van der Waals surface area contributed by atoms with Gasteiger partial charge in [0.1, 0.15) is 5.36 Å². The van der Waals surface area contributed by atoms with Gasteiger partial charge in [-0.3, -0.25) is 0 Å². The van der Waals surface area contributed by atoms with Gasteiger partial charge in [-0.15, -0.1) is 0 Å². The minimum atomic E-state index is 0.532. The van der Waals surface area contributed by atoms with Crippen LogP contribution in [0.5, 0.6) is 0 Å². The van der Waals surface area contributed by atoms with Gasteiger partial charge in [0.25, 0.3) is 15.9 Å². The van der Waals surface area contributed by atoms with E-state index in [9.17, 15) is 0 Å². The Hall–Kier alpha value is -1.87. The van der Waals surface area contributed by atoms with Crippen LogP contribution < -0.4 is 5.36 Å². The summed E-state index contributed by atoms with van der Waals surface area (Å²) in [5, 5.41) is 9.50. The molecule has 2 aliphatic rings. The first-order valence-electron chi connectivity index (χ1n) is 5.00. The van der Waals surface area contributed by atoms with Gasteiger partial charge in [-0.1, -0.05) is 12.1 Å². The van der Waals surface area contributed by atoms with Crippen molar-refractivity contribution in [2.45, 2.75) is 0 Å². The lowest BCUT2D eigenvalue weighted by molar-refractivity contribution is 1.31. The van der Waals surface area contributed by atoms with Crippen LogP contribution in [0, 0.1) is 9.92 Å². The molecule has 0 spiro atoms. The molecule has 0 amide bonds. The maximum Gasteiger partial charge on any atom is 0.332 e. The second-order valence-corrected chi connectivity index (χ2v) is 4.59. The fraction of sp³-hybridized carbons (Fsp3) is 0. The van der Waals surface area contributed by atoms with Crippen LogP contribution in [0.2, 0.25) is 0 Å². The number of nitrogens with zero attached hydrogens (tertiary/aromatic N) is 1. The first kappa shape index (κ1) is 9.36. The third-order valence-corrected chi connectivity index (χ3v) is 3.51. The molecule has 0 bridgehead atoms. The monoisotopic (exact) mass is 225 g/mol. The van der Waals surface area contributed by atoms with Crippen molar-refractivity contribution in [2.24, 2.45) is 4.99 Å². The summed E-state index contributed by atoms with van der Waals surface area (Å²) in [5.41, 5.74) is 1.61. The molecule has 3 rings (SSSR count). The number of rotatable bonds is 0. The van der Waals surface area contributed by atoms with Gasteiger partial charge in [-0.05, 0) is 30.4 Å². The molecule has 1 aliphatic carbocycles. The minimum Gasteiger partial charge on any atom is -0.301 e. The molecule has 1 heterocycles. The lowest BCUT2D eigenvalue weighted by Crippen LogP contribution is -1.97. The molecule has 16 heavy (non-hydrogen) atoms. The Labute approximate surface area is 96.8 Å². The molecule has 1 aromatic rings. The van der Waals surface area contributed by atoms with E-state index in [0.717, 1.165) is 16.0 Å². The second kappa shape index (κ2) is 3.61. The Bertz CT molecular complexity index is 623. The maximum absolute atomic E-state index is 7.44. The quantitative estimate of drug-likeness (QED) is 0.518. The van der Waals surface area contributed by atoms with Gasteiger partial charge in [0.15, 0.2) is 0 Å². The maximum atomic E-state index is 7.44.